The summed E-state index contributed by atoms with van der Waals surface area (Å²) in [6.07, 6.45) is -3.57. The molecule has 1 aromatic rings. The minimum Gasteiger partial charge on any atom is -0.390 e. The largest absolute Gasteiger partial charge is 0.390 e. The molecule has 1 amide bonds. The summed E-state index contributed by atoms with van der Waals surface area (Å²) in [6.45, 7) is 1.80. The monoisotopic (exact) mass is 530 g/mol. The van der Waals surface area contributed by atoms with E-state index in [0.29, 0.717) is 5.69 Å². The number of aromatic nitrogens is 1. The Hall–Kier alpha value is -1.22. The van der Waals surface area contributed by atoms with E-state index < -0.39 is 54.6 Å². The number of nitrogens with one attached hydrogen (secondary N) is 3. The van der Waals surface area contributed by atoms with Crippen molar-refractivity contribution in [2.24, 2.45) is 0 Å². The molecule has 0 spiro atoms. The molecule has 12 heteroatoms. The first-order valence-electron chi connectivity index (χ1n) is 11.0. The third-order valence-electron chi connectivity index (χ3n) is 6.62. The predicted octanol–water partition coefficient (Wildman–Crippen LogP) is -1.61. The summed E-state index contributed by atoms with van der Waals surface area (Å²) in [6, 6.07) is 1.36. The van der Waals surface area contributed by atoms with Crippen LogP contribution in [0.2, 0.25) is 0 Å². The third kappa shape index (κ3) is 4.68. The van der Waals surface area contributed by atoms with Gasteiger partial charge >= 0.3 is 0 Å². The van der Waals surface area contributed by atoms with Gasteiger partial charge < -0.3 is 45.5 Å². The fourth-order valence-corrected chi connectivity index (χ4v) is 5.17. The second-order valence-electron chi connectivity index (χ2n) is 8.82. The quantitative estimate of drug-likeness (QED) is 0.262. The molecule has 1 aromatic heterocycles. The number of hydrogen-bond acceptors (Lipinski definition) is 10. The Morgan fingerprint density at radius 2 is 1.91 bits per heavy atom. The molecule has 1 aliphatic carbocycles. The molecule has 2 aliphatic heterocycles. The van der Waals surface area contributed by atoms with Gasteiger partial charge in [0.1, 0.15) is 18.3 Å². The standard InChI is InChI=1S/C21H31BrN4O7/c1-9-6-12(26-13(27)7-11-5-4-10(22)8-25-11)21(30)20(31-9)32-19-17(29)14(23-2)16(28)15(24-3)18(19)33-21/h4-5,8-9,12,14-20,23-24,28-30H,6-7H2,1-3H3,(H,26,27)/t9-,12-,14-,15+,16+,17+,18?,19?,20?,21+/m1/s1. The van der Waals surface area contributed by atoms with Crippen molar-refractivity contribution in [3.05, 3.63) is 28.5 Å². The lowest BCUT2D eigenvalue weighted by atomic mass is 9.79. The second-order valence-corrected chi connectivity index (χ2v) is 9.74. The zero-order chi connectivity index (χ0) is 23.9. The molecular weight excluding hydrogens is 500 g/mol. The number of amides is 1. The maximum atomic E-state index is 12.8. The Kier molecular flexibility index (Phi) is 7.39. The van der Waals surface area contributed by atoms with Gasteiger partial charge in [-0.2, -0.15) is 0 Å². The van der Waals surface area contributed by atoms with Crippen molar-refractivity contribution >= 4 is 21.8 Å². The van der Waals surface area contributed by atoms with Crippen LogP contribution in [-0.2, 0) is 25.4 Å². The van der Waals surface area contributed by atoms with Crippen LogP contribution < -0.4 is 16.0 Å². The average molecular weight is 531 g/mol. The number of carbonyl (C=O) groups is 1. The highest BCUT2D eigenvalue weighted by molar-refractivity contribution is 9.10. The van der Waals surface area contributed by atoms with Crippen LogP contribution in [0.1, 0.15) is 19.0 Å². The van der Waals surface area contributed by atoms with Crippen LogP contribution in [0.25, 0.3) is 0 Å². The highest BCUT2D eigenvalue weighted by Gasteiger charge is 2.63. The van der Waals surface area contributed by atoms with Gasteiger partial charge in [-0.1, -0.05) is 0 Å². The smallest absolute Gasteiger partial charge is 0.239 e. The number of pyridine rings is 1. The molecule has 3 unspecified atom stereocenters. The van der Waals surface area contributed by atoms with Crippen molar-refractivity contribution in [2.75, 3.05) is 14.1 Å². The molecule has 0 bridgehead atoms. The number of carbonyl (C=O) groups excluding carboxylic acids is 1. The Labute approximate surface area is 200 Å². The second kappa shape index (κ2) is 9.80. The topological polar surface area (TPSA) is 154 Å². The van der Waals surface area contributed by atoms with E-state index in [1.54, 1.807) is 39.3 Å². The summed E-state index contributed by atoms with van der Waals surface area (Å²) < 4.78 is 18.8. The van der Waals surface area contributed by atoms with Crippen LogP contribution in [0.15, 0.2) is 22.8 Å². The first-order chi connectivity index (χ1) is 15.7. The molecule has 0 radical (unpaired) electrons. The van der Waals surface area contributed by atoms with E-state index in [4.69, 9.17) is 14.2 Å². The van der Waals surface area contributed by atoms with E-state index in [1.165, 1.54) is 0 Å². The van der Waals surface area contributed by atoms with Crippen LogP contribution in [-0.4, -0.2) is 101 Å². The number of rotatable bonds is 5. The number of ether oxygens (including phenoxy) is 3. The summed E-state index contributed by atoms with van der Waals surface area (Å²) in [7, 11) is 3.29. The van der Waals surface area contributed by atoms with Gasteiger partial charge in [-0.3, -0.25) is 9.78 Å². The van der Waals surface area contributed by atoms with Gasteiger partial charge in [-0.05, 0) is 55.5 Å². The SMILES string of the molecule is CN[C@@H]1[C@H](O)[C@H](NC)C2O[C@]3(O)C(OC2[C@H]1O)O[C@H](C)C[C@H]3NC(=O)Cc1ccc(Br)cn1. The Morgan fingerprint density at radius 3 is 2.55 bits per heavy atom. The third-order valence-corrected chi connectivity index (χ3v) is 7.09. The van der Waals surface area contributed by atoms with Gasteiger partial charge in [-0.25, -0.2) is 0 Å². The summed E-state index contributed by atoms with van der Waals surface area (Å²) in [5.41, 5.74) is 0.576. The van der Waals surface area contributed by atoms with E-state index in [9.17, 15) is 20.1 Å². The highest BCUT2D eigenvalue weighted by atomic mass is 79.9. The van der Waals surface area contributed by atoms with Crippen molar-refractivity contribution in [3.8, 4) is 0 Å². The summed E-state index contributed by atoms with van der Waals surface area (Å²) in [5, 5.41) is 41.8. The molecule has 6 N–H and O–H groups in total. The molecule has 33 heavy (non-hydrogen) atoms. The van der Waals surface area contributed by atoms with Crippen molar-refractivity contribution in [2.45, 2.75) is 80.5 Å². The molecule has 1 saturated carbocycles. The van der Waals surface area contributed by atoms with Gasteiger partial charge in [-0.15, -0.1) is 0 Å². The van der Waals surface area contributed by atoms with Crippen LogP contribution in [0.5, 0.6) is 0 Å². The number of fused-ring (bicyclic) bond motifs is 2. The van der Waals surface area contributed by atoms with Crippen molar-refractivity contribution < 1.29 is 34.3 Å². The fourth-order valence-electron chi connectivity index (χ4n) is 4.94. The minimum atomic E-state index is -2.02. The van der Waals surface area contributed by atoms with Gasteiger partial charge in [0.05, 0.1) is 36.8 Å². The molecule has 3 heterocycles. The number of halogens is 1. The Bertz CT molecular complexity index is 848. The van der Waals surface area contributed by atoms with E-state index in [-0.39, 0.29) is 24.9 Å². The van der Waals surface area contributed by atoms with Crippen LogP contribution >= 0.6 is 15.9 Å². The van der Waals surface area contributed by atoms with Crippen molar-refractivity contribution in [3.63, 3.8) is 0 Å². The van der Waals surface area contributed by atoms with Crippen molar-refractivity contribution in [1.82, 2.24) is 20.9 Å². The fraction of sp³-hybridized carbons (Fsp3) is 0.714. The van der Waals surface area contributed by atoms with Crippen LogP contribution in [0.3, 0.4) is 0 Å². The van der Waals surface area contributed by atoms with Gasteiger partial charge in [0, 0.05) is 16.4 Å². The predicted molar refractivity (Wildman–Crippen MR) is 119 cm³/mol. The summed E-state index contributed by atoms with van der Waals surface area (Å²) in [4.78, 5) is 17.0. The lowest BCUT2D eigenvalue weighted by Gasteiger charge is -2.58. The summed E-state index contributed by atoms with van der Waals surface area (Å²) >= 11 is 3.31. The number of likely N-dealkylation sites (N-methyl/N-ethyl adjacent to an activating group) is 2. The first-order valence-corrected chi connectivity index (χ1v) is 11.8. The zero-order valence-corrected chi connectivity index (χ0v) is 20.2. The molecule has 3 fully saturated rings. The molecule has 2 saturated heterocycles. The van der Waals surface area contributed by atoms with Crippen molar-refractivity contribution in [1.29, 1.82) is 0 Å². The first kappa shape index (κ1) is 24.9. The van der Waals surface area contributed by atoms with E-state index in [1.807, 2.05) is 0 Å². The molecule has 10 atom stereocenters. The average Bonchev–Trinajstić information content (AvgIpc) is 2.76. The number of hydrogen-bond donors (Lipinski definition) is 6. The minimum absolute atomic E-state index is 0.0209. The van der Waals surface area contributed by atoms with Crippen LogP contribution in [0.4, 0.5) is 0 Å². The molecular formula is C21H31BrN4O7. The maximum Gasteiger partial charge on any atom is 0.239 e. The summed E-state index contributed by atoms with van der Waals surface area (Å²) in [5.74, 6) is -2.36. The van der Waals surface area contributed by atoms with Gasteiger partial charge in [0.2, 0.25) is 18.0 Å². The number of aliphatic hydroxyl groups excluding tert-OH is 2. The normalized spacial score (nSPS) is 42.8. The molecule has 184 valence electrons. The molecule has 4 rings (SSSR count). The molecule has 11 nitrogen and oxygen atoms in total. The number of aliphatic hydroxyl groups is 3. The van der Waals surface area contributed by atoms with E-state index >= 15 is 0 Å². The number of nitrogens with zero attached hydrogens (tertiary/aromatic N) is 1. The maximum absolute atomic E-state index is 12.8. The molecule has 0 aromatic carbocycles. The zero-order valence-electron chi connectivity index (χ0n) is 18.6. The van der Waals surface area contributed by atoms with Gasteiger partial charge in [0.15, 0.2) is 0 Å². The Balaban J connectivity index is 1.55. The Morgan fingerprint density at radius 1 is 1.18 bits per heavy atom. The van der Waals surface area contributed by atoms with E-state index in [0.717, 1.165) is 4.47 Å². The lowest BCUT2D eigenvalue weighted by Crippen LogP contribution is -2.79. The highest BCUT2D eigenvalue weighted by Crippen LogP contribution is 2.41. The van der Waals surface area contributed by atoms with Gasteiger partial charge in [0.25, 0.3) is 0 Å². The molecule has 3 aliphatic rings. The van der Waals surface area contributed by atoms with Crippen LogP contribution in [0, 0.1) is 0 Å². The lowest BCUT2D eigenvalue weighted by molar-refractivity contribution is -0.449. The van der Waals surface area contributed by atoms with E-state index in [2.05, 4.69) is 36.9 Å².